The van der Waals surface area contributed by atoms with Gasteiger partial charge in [0.25, 0.3) is 0 Å². The molecule has 7 heteroatoms. The second-order valence-corrected chi connectivity index (χ2v) is 9.40. The van der Waals surface area contributed by atoms with Crippen LogP contribution in [0.5, 0.6) is 0 Å². The van der Waals surface area contributed by atoms with E-state index in [9.17, 15) is 9.18 Å². The number of halogens is 1. The van der Waals surface area contributed by atoms with Crippen molar-refractivity contribution in [2.45, 2.75) is 25.3 Å². The lowest BCUT2D eigenvalue weighted by atomic mass is 9.88. The number of hydrogen-bond acceptors (Lipinski definition) is 4. The maximum absolute atomic E-state index is 13.8. The SMILES string of the molecule is O=C(CC(c1ccccc1)c1ccccc1)N(CCCn1ccnc1)c1nc2ccc(F)cc2s1. The number of hydrogen-bond donors (Lipinski definition) is 0. The zero-order valence-corrected chi connectivity index (χ0v) is 19.9. The van der Waals surface area contributed by atoms with Crippen LogP contribution in [0.1, 0.15) is 29.9 Å². The first kappa shape index (κ1) is 22.9. The zero-order chi connectivity index (χ0) is 24.0. The predicted molar refractivity (Wildman–Crippen MR) is 138 cm³/mol. The minimum Gasteiger partial charge on any atom is -0.337 e. The summed E-state index contributed by atoms with van der Waals surface area (Å²) in [6, 6.07) is 24.8. The molecule has 5 nitrogen and oxygen atoms in total. The van der Waals surface area contributed by atoms with Gasteiger partial charge in [-0.25, -0.2) is 14.4 Å². The fourth-order valence-corrected chi connectivity index (χ4v) is 5.28. The van der Waals surface area contributed by atoms with Crippen molar-refractivity contribution in [3.8, 4) is 0 Å². The highest BCUT2D eigenvalue weighted by molar-refractivity contribution is 7.22. The van der Waals surface area contributed by atoms with E-state index in [1.807, 2.05) is 47.2 Å². The number of rotatable bonds is 9. The number of anilines is 1. The van der Waals surface area contributed by atoms with Gasteiger partial charge in [-0.2, -0.15) is 0 Å². The molecule has 1 amide bonds. The van der Waals surface area contributed by atoms with E-state index in [-0.39, 0.29) is 17.6 Å². The van der Waals surface area contributed by atoms with Crippen molar-refractivity contribution in [1.82, 2.24) is 14.5 Å². The van der Waals surface area contributed by atoms with Gasteiger partial charge in [-0.3, -0.25) is 9.69 Å². The van der Waals surface area contributed by atoms with Gasteiger partial charge in [-0.15, -0.1) is 0 Å². The second kappa shape index (κ2) is 10.6. The van der Waals surface area contributed by atoms with Crippen LogP contribution < -0.4 is 4.90 Å². The number of amides is 1. The average molecular weight is 485 g/mol. The van der Waals surface area contributed by atoms with E-state index < -0.39 is 0 Å². The van der Waals surface area contributed by atoms with Crippen LogP contribution in [0.25, 0.3) is 10.2 Å². The summed E-state index contributed by atoms with van der Waals surface area (Å²) in [7, 11) is 0. The highest BCUT2D eigenvalue weighted by Crippen LogP contribution is 2.33. The highest BCUT2D eigenvalue weighted by atomic mass is 32.1. The normalized spacial score (nSPS) is 11.3. The van der Waals surface area contributed by atoms with Gasteiger partial charge in [0.2, 0.25) is 5.91 Å². The standard InChI is InChI=1S/C28H25FN4OS/c29-23-12-13-25-26(18-23)35-28(31-25)33(16-7-15-32-17-14-30-20-32)27(34)19-24(21-8-3-1-4-9-21)22-10-5-2-6-11-22/h1-6,8-14,17-18,20,24H,7,15-16,19H2. The summed E-state index contributed by atoms with van der Waals surface area (Å²) in [6.45, 7) is 1.25. The van der Waals surface area contributed by atoms with Gasteiger partial charge in [0.15, 0.2) is 5.13 Å². The van der Waals surface area contributed by atoms with Crippen LogP contribution in [0.4, 0.5) is 9.52 Å². The maximum atomic E-state index is 13.8. The summed E-state index contributed by atoms with van der Waals surface area (Å²) in [5.41, 5.74) is 2.88. The van der Waals surface area contributed by atoms with Gasteiger partial charge < -0.3 is 4.57 Å². The molecule has 2 heterocycles. The molecule has 0 atom stereocenters. The molecule has 0 aliphatic rings. The lowest BCUT2D eigenvalue weighted by Crippen LogP contribution is -2.33. The van der Waals surface area contributed by atoms with Gasteiger partial charge >= 0.3 is 0 Å². The molecular formula is C28H25FN4OS. The van der Waals surface area contributed by atoms with Crippen molar-refractivity contribution in [2.75, 3.05) is 11.4 Å². The fraction of sp³-hybridized carbons (Fsp3) is 0.179. The van der Waals surface area contributed by atoms with Gasteiger partial charge in [-0.05, 0) is 35.7 Å². The van der Waals surface area contributed by atoms with Crippen molar-refractivity contribution < 1.29 is 9.18 Å². The molecule has 0 radical (unpaired) electrons. The van der Waals surface area contributed by atoms with Crippen molar-refractivity contribution >= 4 is 32.6 Å². The zero-order valence-electron chi connectivity index (χ0n) is 19.1. The summed E-state index contributed by atoms with van der Waals surface area (Å²) in [6.07, 6.45) is 6.48. The number of carbonyl (C=O) groups excluding carboxylic acids is 1. The number of carbonyl (C=O) groups is 1. The Hall–Kier alpha value is -3.84. The molecule has 0 aliphatic carbocycles. The second-order valence-electron chi connectivity index (χ2n) is 8.39. The van der Waals surface area contributed by atoms with Crippen LogP contribution in [-0.4, -0.2) is 27.0 Å². The fourth-order valence-electron chi connectivity index (χ4n) is 4.24. The molecule has 0 fully saturated rings. The molecule has 3 aromatic carbocycles. The Labute approximate surface area is 207 Å². The van der Waals surface area contributed by atoms with Crippen molar-refractivity contribution in [2.24, 2.45) is 0 Å². The summed E-state index contributed by atoms with van der Waals surface area (Å²) in [5.74, 6) is -0.389. The Morgan fingerprint density at radius 2 is 1.71 bits per heavy atom. The van der Waals surface area contributed by atoms with E-state index >= 15 is 0 Å². The number of nitrogens with zero attached hydrogens (tertiary/aromatic N) is 4. The first-order chi connectivity index (χ1) is 17.2. The van der Waals surface area contributed by atoms with Crippen LogP contribution in [-0.2, 0) is 11.3 Å². The van der Waals surface area contributed by atoms with E-state index in [4.69, 9.17) is 0 Å². The number of imidazole rings is 1. The van der Waals surface area contributed by atoms with Crippen LogP contribution in [0.3, 0.4) is 0 Å². The lowest BCUT2D eigenvalue weighted by molar-refractivity contribution is -0.118. The molecule has 35 heavy (non-hydrogen) atoms. The molecule has 0 saturated carbocycles. The summed E-state index contributed by atoms with van der Waals surface area (Å²) >= 11 is 1.35. The van der Waals surface area contributed by atoms with Crippen molar-refractivity contribution in [3.63, 3.8) is 0 Å². The van der Waals surface area contributed by atoms with Gasteiger partial charge in [0.1, 0.15) is 5.82 Å². The number of benzene rings is 3. The van der Waals surface area contributed by atoms with Crippen molar-refractivity contribution in [3.05, 3.63) is 115 Å². The smallest absolute Gasteiger partial charge is 0.229 e. The Kier molecular flexibility index (Phi) is 6.95. The highest BCUT2D eigenvalue weighted by Gasteiger charge is 2.25. The summed E-state index contributed by atoms with van der Waals surface area (Å²) in [4.78, 5) is 24.4. The van der Waals surface area contributed by atoms with Crippen molar-refractivity contribution in [1.29, 1.82) is 0 Å². The molecule has 0 spiro atoms. The van der Waals surface area contributed by atoms with Crippen LogP contribution in [0.2, 0.25) is 0 Å². The average Bonchev–Trinajstić information content (AvgIpc) is 3.55. The molecule has 0 N–H and O–H groups in total. The summed E-state index contributed by atoms with van der Waals surface area (Å²) in [5, 5.41) is 0.598. The molecule has 0 aliphatic heterocycles. The minimum atomic E-state index is -0.307. The predicted octanol–water partition coefficient (Wildman–Crippen LogP) is 6.28. The van der Waals surface area contributed by atoms with E-state index in [0.717, 1.165) is 28.8 Å². The van der Waals surface area contributed by atoms with E-state index in [1.54, 1.807) is 23.5 Å². The Balaban J connectivity index is 1.44. The first-order valence-corrected chi connectivity index (χ1v) is 12.4. The molecule has 0 saturated heterocycles. The lowest BCUT2D eigenvalue weighted by Gasteiger charge is -2.24. The van der Waals surface area contributed by atoms with Gasteiger partial charge in [0.05, 0.1) is 16.5 Å². The molecule has 0 bridgehead atoms. The van der Waals surface area contributed by atoms with Gasteiger partial charge in [0, 0.05) is 37.8 Å². The Morgan fingerprint density at radius 3 is 2.37 bits per heavy atom. The monoisotopic (exact) mass is 484 g/mol. The minimum absolute atomic E-state index is 0.00661. The molecule has 2 aromatic heterocycles. The third kappa shape index (κ3) is 5.46. The number of aromatic nitrogens is 3. The third-order valence-electron chi connectivity index (χ3n) is 6.01. The largest absolute Gasteiger partial charge is 0.337 e. The number of fused-ring (bicyclic) bond motifs is 1. The van der Waals surface area contributed by atoms with Crippen LogP contribution in [0, 0.1) is 5.82 Å². The molecule has 0 unspecified atom stereocenters. The van der Waals surface area contributed by atoms with Crippen LogP contribution >= 0.6 is 11.3 Å². The third-order valence-corrected chi connectivity index (χ3v) is 7.05. The molecule has 5 aromatic rings. The maximum Gasteiger partial charge on any atom is 0.229 e. The topological polar surface area (TPSA) is 51.0 Å². The molecule has 5 rings (SSSR count). The van der Waals surface area contributed by atoms with E-state index in [1.165, 1.54) is 23.5 Å². The van der Waals surface area contributed by atoms with E-state index in [2.05, 4.69) is 34.2 Å². The Bertz CT molecular complexity index is 1350. The first-order valence-electron chi connectivity index (χ1n) is 11.6. The number of thiazole rings is 1. The van der Waals surface area contributed by atoms with Crippen LogP contribution in [0.15, 0.2) is 97.6 Å². The number of aryl methyl sites for hydroxylation is 1. The molecule has 176 valence electrons. The Morgan fingerprint density at radius 1 is 1.00 bits per heavy atom. The van der Waals surface area contributed by atoms with Gasteiger partial charge in [-0.1, -0.05) is 72.0 Å². The summed E-state index contributed by atoms with van der Waals surface area (Å²) < 4.78 is 16.5. The molecular weight excluding hydrogens is 459 g/mol. The quantitative estimate of drug-likeness (QED) is 0.247. The van der Waals surface area contributed by atoms with E-state index in [0.29, 0.717) is 23.6 Å².